The number of halogens is 2. The van der Waals surface area contributed by atoms with Gasteiger partial charge in [-0.15, -0.1) is 0 Å². The Hall–Kier alpha value is -0.770. The number of carbonyl (C=O) groups is 1. The van der Waals surface area contributed by atoms with Gasteiger partial charge in [0.2, 0.25) is 0 Å². The van der Waals surface area contributed by atoms with Crippen LogP contribution in [0, 0.1) is 0 Å². The number of carbonyl (C=O) groups excluding carboxylic acids is 1. The minimum absolute atomic E-state index is 0.0757. The van der Waals surface area contributed by atoms with Gasteiger partial charge in [-0.3, -0.25) is 9.35 Å². The molecule has 96 valence electrons. The molecule has 0 unspecified atom stereocenters. The van der Waals surface area contributed by atoms with Crippen LogP contribution in [0.4, 0.5) is 5.69 Å². The van der Waals surface area contributed by atoms with Crippen molar-refractivity contribution in [2.75, 3.05) is 5.01 Å². The van der Waals surface area contributed by atoms with E-state index in [-0.39, 0.29) is 31.9 Å². The van der Waals surface area contributed by atoms with Crippen LogP contribution in [0.1, 0.15) is 6.42 Å². The standard InChI is InChI=1S/C9H6Br2N2O4S/c10-5-1-2-6(13-7(14)3-4-12-13)8(11)9(5)18(15,16)17/h1-2,4H,3H2,(H,15,16,17). The van der Waals surface area contributed by atoms with Crippen LogP contribution in [0.5, 0.6) is 0 Å². The van der Waals surface area contributed by atoms with E-state index >= 15 is 0 Å². The van der Waals surface area contributed by atoms with Gasteiger partial charge in [0.1, 0.15) is 4.90 Å². The van der Waals surface area contributed by atoms with Gasteiger partial charge in [-0.2, -0.15) is 18.5 Å². The Labute approximate surface area is 120 Å². The Morgan fingerprint density at radius 3 is 2.50 bits per heavy atom. The first kappa shape index (κ1) is 13.7. The summed E-state index contributed by atoms with van der Waals surface area (Å²) in [6.45, 7) is 0. The van der Waals surface area contributed by atoms with E-state index in [9.17, 15) is 13.2 Å². The van der Waals surface area contributed by atoms with Gasteiger partial charge in [-0.25, -0.2) is 0 Å². The monoisotopic (exact) mass is 396 g/mol. The van der Waals surface area contributed by atoms with Crippen molar-refractivity contribution < 1.29 is 17.8 Å². The molecule has 0 fully saturated rings. The normalized spacial score (nSPS) is 15.5. The van der Waals surface area contributed by atoms with Crippen molar-refractivity contribution in [2.45, 2.75) is 11.3 Å². The van der Waals surface area contributed by atoms with E-state index in [1.807, 2.05) is 0 Å². The van der Waals surface area contributed by atoms with Gasteiger partial charge in [-0.1, -0.05) is 0 Å². The zero-order chi connectivity index (χ0) is 13.5. The number of nitrogens with zero attached hydrogens (tertiary/aromatic N) is 2. The van der Waals surface area contributed by atoms with Crippen molar-refractivity contribution in [3.05, 3.63) is 21.1 Å². The second-order valence-corrected chi connectivity index (χ2v) is 6.40. The maximum atomic E-state index is 11.5. The molecule has 2 rings (SSSR count). The summed E-state index contributed by atoms with van der Waals surface area (Å²) in [7, 11) is -4.42. The highest BCUT2D eigenvalue weighted by Gasteiger charge is 2.27. The summed E-state index contributed by atoms with van der Waals surface area (Å²) in [4.78, 5) is 11.2. The van der Waals surface area contributed by atoms with Gasteiger partial charge in [0.15, 0.2) is 0 Å². The first-order chi connectivity index (χ1) is 8.32. The lowest BCUT2D eigenvalue weighted by atomic mass is 10.3. The summed E-state index contributed by atoms with van der Waals surface area (Å²) < 4.78 is 32.0. The molecule has 1 aromatic carbocycles. The van der Waals surface area contributed by atoms with Gasteiger partial charge in [0.05, 0.1) is 16.6 Å². The highest BCUT2D eigenvalue weighted by Crippen LogP contribution is 2.38. The molecule has 0 saturated heterocycles. The molecule has 0 spiro atoms. The predicted octanol–water partition coefficient (Wildman–Crippen LogP) is 2.18. The highest BCUT2D eigenvalue weighted by atomic mass is 79.9. The van der Waals surface area contributed by atoms with Crippen LogP contribution in [0.25, 0.3) is 0 Å². The van der Waals surface area contributed by atoms with Crippen molar-refractivity contribution in [3.8, 4) is 0 Å². The number of rotatable bonds is 2. The van der Waals surface area contributed by atoms with Crippen LogP contribution in [0.3, 0.4) is 0 Å². The van der Waals surface area contributed by atoms with Crippen LogP contribution < -0.4 is 5.01 Å². The molecule has 1 aromatic rings. The average Bonchev–Trinajstić information content (AvgIpc) is 2.62. The molecule has 0 atom stereocenters. The molecule has 0 aliphatic carbocycles. The van der Waals surface area contributed by atoms with E-state index in [1.165, 1.54) is 18.3 Å². The first-order valence-electron chi connectivity index (χ1n) is 4.63. The second-order valence-electron chi connectivity index (χ2n) is 3.39. The Morgan fingerprint density at radius 1 is 1.33 bits per heavy atom. The quantitative estimate of drug-likeness (QED) is 0.774. The van der Waals surface area contributed by atoms with E-state index in [0.29, 0.717) is 0 Å². The maximum absolute atomic E-state index is 11.5. The summed E-state index contributed by atoms with van der Waals surface area (Å²) in [5.74, 6) is -0.278. The third-order valence-corrected chi connectivity index (χ3v) is 5.14. The number of amides is 1. The van der Waals surface area contributed by atoms with Crippen LogP contribution in [0.2, 0.25) is 0 Å². The highest BCUT2D eigenvalue weighted by molar-refractivity contribution is 9.11. The molecule has 0 radical (unpaired) electrons. The van der Waals surface area contributed by atoms with Crippen molar-refractivity contribution in [2.24, 2.45) is 5.10 Å². The molecule has 6 nitrogen and oxygen atoms in total. The fraction of sp³-hybridized carbons (Fsp3) is 0.111. The van der Waals surface area contributed by atoms with Crippen LogP contribution in [0.15, 0.2) is 31.1 Å². The molecular weight excluding hydrogens is 392 g/mol. The number of hydrogen-bond donors (Lipinski definition) is 1. The molecule has 1 N–H and O–H groups in total. The van der Waals surface area contributed by atoms with Gasteiger partial charge in [0.25, 0.3) is 16.0 Å². The fourth-order valence-electron chi connectivity index (χ4n) is 1.47. The van der Waals surface area contributed by atoms with Crippen molar-refractivity contribution in [1.82, 2.24) is 0 Å². The van der Waals surface area contributed by atoms with Crippen molar-refractivity contribution >= 4 is 59.8 Å². The van der Waals surface area contributed by atoms with E-state index in [4.69, 9.17) is 4.55 Å². The summed E-state index contributed by atoms with van der Waals surface area (Å²) in [6.07, 6.45) is 1.58. The Balaban J connectivity index is 2.66. The Bertz CT molecular complexity index is 657. The van der Waals surface area contributed by atoms with Gasteiger partial charge in [-0.05, 0) is 44.0 Å². The molecule has 0 saturated carbocycles. The smallest absolute Gasteiger partial charge is 0.282 e. The second kappa shape index (κ2) is 4.72. The largest absolute Gasteiger partial charge is 0.296 e. The van der Waals surface area contributed by atoms with Crippen molar-refractivity contribution in [3.63, 3.8) is 0 Å². The molecule has 1 heterocycles. The minimum Gasteiger partial charge on any atom is -0.282 e. The first-order valence-corrected chi connectivity index (χ1v) is 7.66. The van der Waals surface area contributed by atoms with E-state index in [1.54, 1.807) is 0 Å². The fourth-order valence-corrected chi connectivity index (χ4v) is 4.45. The average molecular weight is 398 g/mol. The molecule has 9 heteroatoms. The summed E-state index contributed by atoms with van der Waals surface area (Å²) >= 11 is 6.10. The lowest BCUT2D eigenvalue weighted by molar-refractivity contribution is -0.116. The summed E-state index contributed by atoms with van der Waals surface area (Å²) in [5, 5.41) is 4.91. The zero-order valence-corrected chi connectivity index (χ0v) is 12.7. The Morgan fingerprint density at radius 2 is 2.00 bits per heavy atom. The van der Waals surface area contributed by atoms with Gasteiger partial charge >= 0.3 is 0 Å². The van der Waals surface area contributed by atoms with Gasteiger partial charge < -0.3 is 0 Å². The predicted molar refractivity (Wildman–Crippen MR) is 72.3 cm³/mol. The zero-order valence-electron chi connectivity index (χ0n) is 8.67. The molecule has 0 aromatic heterocycles. The summed E-state index contributed by atoms with van der Waals surface area (Å²) in [5.41, 5.74) is 0.254. The van der Waals surface area contributed by atoms with E-state index in [2.05, 4.69) is 37.0 Å². The van der Waals surface area contributed by atoms with E-state index in [0.717, 1.165) is 5.01 Å². The maximum Gasteiger partial charge on any atom is 0.296 e. The third-order valence-electron chi connectivity index (χ3n) is 2.21. The molecule has 1 aliphatic rings. The molecule has 1 aliphatic heterocycles. The summed E-state index contributed by atoms with van der Waals surface area (Å²) in [6, 6.07) is 2.94. The Kier molecular flexibility index (Phi) is 3.58. The minimum atomic E-state index is -4.42. The lowest BCUT2D eigenvalue weighted by Gasteiger charge is -2.16. The van der Waals surface area contributed by atoms with E-state index < -0.39 is 10.1 Å². The van der Waals surface area contributed by atoms with Crippen LogP contribution in [-0.2, 0) is 14.9 Å². The van der Waals surface area contributed by atoms with Crippen LogP contribution >= 0.6 is 31.9 Å². The molecule has 18 heavy (non-hydrogen) atoms. The SMILES string of the molecule is O=C1CC=NN1c1ccc(Br)c(S(=O)(=O)O)c1Br. The lowest BCUT2D eigenvalue weighted by Crippen LogP contribution is -2.20. The van der Waals surface area contributed by atoms with Gasteiger partial charge in [0, 0.05) is 10.7 Å². The number of hydrazone groups is 1. The number of benzene rings is 1. The van der Waals surface area contributed by atoms with Crippen molar-refractivity contribution in [1.29, 1.82) is 0 Å². The number of hydrogen-bond acceptors (Lipinski definition) is 4. The molecule has 1 amide bonds. The molecule has 0 bridgehead atoms. The number of anilines is 1. The topological polar surface area (TPSA) is 87.0 Å². The third kappa shape index (κ3) is 2.35. The van der Waals surface area contributed by atoms with Crippen LogP contribution in [-0.4, -0.2) is 25.1 Å². The molecular formula is C9H6Br2N2O4S.